The van der Waals surface area contributed by atoms with Crippen molar-refractivity contribution in [3.05, 3.63) is 42.1 Å². The molecule has 0 radical (unpaired) electrons. The molecular weight excluding hydrogens is 268 g/mol. The average Bonchev–Trinajstić information content (AvgIpc) is 2.47. The van der Waals surface area contributed by atoms with Gasteiger partial charge in [0.15, 0.2) is 11.9 Å². The van der Waals surface area contributed by atoms with Crippen LogP contribution in [0.15, 0.2) is 36.4 Å². The Hall–Kier alpha value is -2.43. The summed E-state index contributed by atoms with van der Waals surface area (Å²) in [5.74, 6) is 0.526. The van der Waals surface area contributed by atoms with Crippen LogP contribution in [0, 0.1) is 6.92 Å². The van der Waals surface area contributed by atoms with Gasteiger partial charge in [0.1, 0.15) is 0 Å². The molecule has 5 heteroatoms. The number of aromatic nitrogens is 2. The summed E-state index contributed by atoms with van der Waals surface area (Å²) < 4.78 is 10.5. The van der Waals surface area contributed by atoms with Gasteiger partial charge in [-0.3, -0.25) is 0 Å². The highest BCUT2D eigenvalue weighted by Gasteiger charge is 2.17. The lowest BCUT2D eigenvalue weighted by Gasteiger charge is -2.13. The molecule has 1 heterocycles. The summed E-state index contributed by atoms with van der Waals surface area (Å²) in [6.07, 6.45) is -0.706. The van der Waals surface area contributed by atoms with E-state index in [2.05, 4.69) is 9.97 Å². The molecule has 2 aromatic rings. The third-order valence-corrected chi connectivity index (χ3v) is 2.78. The molecule has 0 bridgehead atoms. The molecular formula is C16H18N2O3. The number of aryl methyl sites for hydroxylation is 1. The van der Waals surface area contributed by atoms with E-state index in [0.717, 1.165) is 11.3 Å². The summed E-state index contributed by atoms with van der Waals surface area (Å²) in [7, 11) is 0. The highest BCUT2D eigenvalue weighted by atomic mass is 16.6. The SMILES string of the molecule is CCOC(=O)[C@@H](C)Oc1cc(C)nc(-c2ccccc2)n1. The zero-order valence-corrected chi connectivity index (χ0v) is 12.4. The Labute approximate surface area is 124 Å². The van der Waals surface area contributed by atoms with Gasteiger partial charge in [-0.2, -0.15) is 4.98 Å². The van der Waals surface area contributed by atoms with Crippen LogP contribution in [-0.2, 0) is 9.53 Å². The van der Waals surface area contributed by atoms with Crippen molar-refractivity contribution in [3.63, 3.8) is 0 Å². The van der Waals surface area contributed by atoms with Crippen molar-refractivity contribution in [2.45, 2.75) is 26.9 Å². The molecule has 1 aromatic heterocycles. The average molecular weight is 286 g/mol. The van der Waals surface area contributed by atoms with E-state index in [9.17, 15) is 4.79 Å². The van der Waals surface area contributed by atoms with Gasteiger partial charge < -0.3 is 9.47 Å². The molecule has 0 aliphatic heterocycles. The fraction of sp³-hybridized carbons (Fsp3) is 0.312. The summed E-state index contributed by atoms with van der Waals surface area (Å²) >= 11 is 0. The first-order valence-corrected chi connectivity index (χ1v) is 6.84. The number of nitrogens with zero attached hydrogens (tertiary/aromatic N) is 2. The molecule has 0 amide bonds. The van der Waals surface area contributed by atoms with Crippen LogP contribution in [0.5, 0.6) is 5.88 Å². The van der Waals surface area contributed by atoms with Crippen LogP contribution in [0.1, 0.15) is 19.5 Å². The van der Waals surface area contributed by atoms with Gasteiger partial charge in [-0.05, 0) is 20.8 Å². The first-order chi connectivity index (χ1) is 10.1. The second kappa shape index (κ2) is 6.83. The Kier molecular flexibility index (Phi) is 4.87. The van der Waals surface area contributed by atoms with Crippen molar-refractivity contribution in [1.29, 1.82) is 0 Å². The van der Waals surface area contributed by atoms with Crippen molar-refractivity contribution >= 4 is 5.97 Å². The fourth-order valence-electron chi connectivity index (χ4n) is 1.81. The van der Waals surface area contributed by atoms with E-state index in [1.807, 2.05) is 37.3 Å². The first kappa shape index (κ1) is 15.0. The largest absolute Gasteiger partial charge is 0.463 e. The van der Waals surface area contributed by atoms with Gasteiger partial charge >= 0.3 is 5.97 Å². The second-order valence-corrected chi connectivity index (χ2v) is 4.55. The van der Waals surface area contributed by atoms with Crippen LogP contribution < -0.4 is 4.74 Å². The van der Waals surface area contributed by atoms with Crippen LogP contribution in [-0.4, -0.2) is 28.6 Å². The van der Waals surface area contributed by atoms with E-state index in [1.165, 1.54) is 0 Å². The molecule has 0 fully saturated rings. The normalized spacial score (nSPS) is 11.8. The lowest BCUT2D eigenvalue weighted by Crippen LogP contribution is -2.26. The van der Waals surface area contributed by atoms with Gasteiger partial charge in [0.25, 0.3) is 0 Å². The molecule has 2 rings (SSSR count). The molecule has 0 saturated heterocycles. The van der Waals surface area contributed by atoms with Gasteiger partial charge in [-0.15, -0.1) is 0 Å². The second-order valence-electron chi connectivity index (χ2n) is 4.55. The molecule has 110 valence electrons. The highest BCUT2D eigenvalue weighted by molar-refractivity contribution is 5.74. The number of esters is 1. The minimum absolute atomic E-state index is 0.324. The maximum Gasteiger partial charge on any atom is 0.347 e. The van der Waals surface area contributed by atoms with E-state index >= 15 is 0 Å². The molecule has 0 aliphatic rings. The van der Waals surface area contributed by atoms with E-state index < -0.39 is 12.1 Å². The van der Waals surface area contributed by atoms with E-state index in [1.54, 1.807) is 19.9 Å². The van der Waals surface area contributed by atoms with Crippen LogP contribution in [0.4, 0.5) is 0 Å². The lowest BCUT2D eigenvalue weighted by atomic mass is 10.2. The van der Waals surface area contributed by atoms with Crippen LogP contribution in [0.3, 0.4) is 0 Å². The first-order valence-electron chi connectivity index (χ1n) is 6.84. The Balaban J connectivity index is 2.22. The maximum atomic E-state index is 11.6. The molecule has 1 aromatic carbocycles. The van der Waals surface area contributed by atoms with E-state index in [0.29, 0.717) is 18.3 Å². The van der Waals surface area contributed by atoms with Crippen molar-refractivity contribution in [3.8, 4) is 17.3 Å². The Morgan fingerprint density at radius 2 is 1.95 bits per heavy atom. The van der Waals surface area contributed by atoms with Crippen molar-refractivity contribution < 1.29 is 14.3 Å². The van der Waals surface area contributed by atoms with Crippen LogP contribution in [0.2, 0.25) is 0 Å². The zero-order valence-electron chi connectivity index (χ0n) is 12.4. The number of benzene rings is 1. The minimum Gasteiger partial charge on any atom is -0.463 e. The molecule has 0 saturated carbocycles. The highest BCUT2D eigenvalue weighted by Crippen LogP contribution is 2.19. The van der Waals surface area contributed by atoms with Crippen molar-refractivity contribution in [2.24, 2.45) is 0 Å². The molecule has 0 aliphatic carbocycles. The standard InChI is InChI=1S/C16H18N2O3/c1-4-20-16(19)12(3)21-14-10-11(2)17-15(18-14)13-8-6-5-7-9-13/h5-10,12H,4H2,1-3H3/t12-/m1/s1. The number of carbonyl (C=O) groups is 1. The van der Waals surface area contributed by atoms with Crippen LogP contribution >= 0.6 is 0 Å². The summed E-state index contributed by atoms with van der Waals surface area (Å²) in [5, 5.41) is 0. The van der Waals surface area contributed by atoms with E-state index in [4.69, 9.17) is 9.47 Å². The summed E-state index contributed by atoms with van der Waals surface area (Å²) in [5.41, 5.74) is 1.67. The van der Waals surface area contributed by atoms with Gasteiger partial charge in [-0.1, -0.05) is 30.3 Å². The molecule has 21 heavy (non-hydrogen) atoms. The quantitative estimate of drug-likeness (QED) is 0.791. The Morgan fingerprint density at radius 3 is 2.62 bits per heavy atom. The number of hydrogen-bond acceptors (Lipinski definition) is 5. The minimum atomic E-state index is -0.706. The maximum absolute atomic E-state index is 11.6. The number of ether oxygens (including phenoxy) is 2. The van der Waals surface area contributed by atoms with Crippen molar-refractivity contribution in [2.75, 3.05) is 6.61 Å². The topological polar surface area (TPSA) is 61.3 Å². The van der Waals surface area contributed by atoms with Gasteiger partial charge in [0.2, 0.25) is 5.88 Å². The molecule has 0 spiro atoms. The molecule has 1 atom stereocenters. The summed E-state index contributed by atoms with van der Waals surface area (Å²) in [6, 6.07) is 11.3. The fourth-order valence-corrected chi connectivity index (χ4v) is 1.81. The molecule has 0 unspecified atom stereocenters. The Bertz CT molecular complexity index is 614. The zero-order chi connectivity index (χ0) is 15.2. The van der Waals surface area contributed by atoms with Gasteiger partial charge in [0.05, 0.1) is 6.61 Å². The number of hydrogen-bond donors (Lipinski definition) is 0. The third-order valence-electron chi connectivity index (χ3n) is 2.78. The molecule has 5 nitrogen and oxygen atoms in total. The number of rotatable bonds is 5. The predicted octanol–water partition coefficient (Wildman–Crippen LogP) is 2.78. The smallest absolute Gasteiger partial charge is 0.347 e. The summed E-state index contributed by atoms with van der Waals surface area (Å²) in [4.78, 5) is 20.3. The third kappa shape index (κ3) is 4.02. The van der Waals surface area contributed by atoms with Crippen molar-refractivity contribution in [1.82, 2.24) is 9.97 Å². The Morgan fingerprint density at radius 1 is 1.24 bits per heavy atom. The lowest BCUT2D eigenvalue weighted by molar-refractivity contribution is -0.150. The van der Waals surface area contributed by atoms with Crippen LogP contribution in [0.25, 0.3) is 11.4 Å². The van der Waals surface area contributed by atoms with Gasteiger partial charge in [0, 0.05) is 17.3 Å². The van der Waals surface area contributed by atoms with E-state index in [-0.39, 0.29) is 0 Å². The number of carbonyl (C=O) groups excluding carboxylic acids is 1. The molecule has 0 N–H and O–H groups in total. The summed E-state index contributed by atoms with van der Waals surface area (Å²) in [6.45, 7) is 5.57. The monoisotopic (exact) mass is 286 g/mol. The predicted molar refractivity (Wildman–Crippen MR) is 78.9 cm³/mol. The van der Waals surface area contributed by atoms with Gasteiger partial charge in [-0.25, -0.2) is 9.78 Å².